The highest BCUT2D eigenvalue weighted by atomic mass is 19.1. The minimum absolute atomic E-state index is 0.374. The Kier molecular flexibility index (Phi) is 4.04. The van der Waals surface area contributed by atoms with Crippen LogP contribution in [0.5, 0.6) is 5.75 Å². The summed E-state index contributed by atoms with van der Waals surface area (Å²) in [5.41, 5.74) is 6.53. The van der Waals surface area contributed by atoms with Gasteiger partial charge in [-0.1, -0.05) is 19.1 Å². The van der Waals surface area contributed by atoms with Gasteiger partial charge in [-0.15, -0.1) is 0 Å². The van der Waals surface area contributed by atoms with Crippen molar-refractivity contribution in [2.75, 3.05) is 7.11 Å². The lowest BCUT2D eigenvalue weighted by molar-refractivity contribution is 0.389. The molecule has 0 heterocycles. The van der Waals surface area contributed by atoms with E-state index in [1.54, 1.807) is 12.1 Å². The van der Waals surface area contributed by atoms with E-state index in [1.807, 2.05) is 6.92 Å². The van der Waals surface area contributed by atoms with Gasteiger partial charge in [0, 0.05) is 5.56 Å². The van der Waals surface area contributed by atoms with Crippen LogP contribution in [0.2, 0.25) is 0 Å². The van der Waals surface area contributed by atoms with E-state index in [0.29, 0.717) is 23.3 Å². The molecule has 2 aromatic rings. The average Bonchev–Trinajstić information content (AvgIpc) is 2.46. The third-order valence-electron chi connectivity index (χ3n) is 3.54. The van der Waals surface area contributed by atoms with Crippen molar-refractivity contribution in [1.82, 2.24) is 0 Å². The van der Waals surface area contributed by atoms with Gasteiger partial charge in [-0.25, -0.2) is 8.78 Å². The molecule has 4 heteroatoms. The molecule has 0 radical (unpaired) electrons. The van der Waals surface area contributed by atoms with Crippen LogP contribution in [-0.4, -0.2) is 7.11 Å². The van der Waals surface area contributed by atoms with Gasteiger partial charge in [-0.3, -0.25) is 0 Å². The number of benzene rings is 2. The topological polar surface area (TPSA) is 35.2 Å². The van der Waals surface area contributed by atoms with Gasteiger partial charge in [-0.05, 0) is 42.3 Å². The fourth-order valence-corrected chi connectivity index (χ4v) is 2.34. The summed E-state index contributed by atoms with van der Waals surface area (Å²) >= 11 is 0. The molecular weight excluding hydrogens is 260 g/mol. The Labute approximate surface area is 117 Å². The first-order valence-electron chi connectivity index (χ1n) is 6.40. The normalized spacial score (nSPS) is 13.8. The fourth-order valence-electron chi connectivity index (χ4n) is 2.34. The summed E-state index contributed by atoms with van der Waals surface area (Å²) < 4.78 is 32.3. The number of hydrogen-bond donors (Lipinski definition) is 1. The Morgan fingerprint density at radius 2 is 1.80 bits per heavy atom. The Morgan fingerprint density at radius 3 is 2.40 bits per heavy atom. The zero-order valence-corrected chi connectivity index (χ0v) is 11.5. The molecule has 0 saturated heterocycles. The molecule has 106 valence electrons. The van der Waals surface area contributed by atoms with Crippen molar-refractivity contribution in [3.8, 4) is 5.75 Å². The Hall–Kier alpha value is -1.94. The Bertz CT molecular complexity index is 615. The molecule has 2 nitrogen and oxygen atoms in total. The van der Waals surface area contributed by atoms with Gasteiger partial charge in [0.1, 0.15) is 17.4 Å². The number of rotatable bonds is 4. The third kappa shape index (κ3) is 2.51. The summed E-state index contributed by atoms with van der Waals surface area (Å²) in [6.45, 7) is 1.87. The highest BCUT2D eigenvalue weighted by molar-refractivity contribution is 5.46. The van der Waals surface area contributed by atoms with Crippen LogP contribution in [0.4, 0.5) is 8.78 Å². The minimum atomic E-state index is -1.00. The van der Waals surface area contributed by atoms with Crippen LogP contribution in [0.3, 0.4) is 0 Å². The van der Waals surface area contributed by atoms with Gasteiger partial charge >= 0.3 is 0 Å². The molecule has 0 saturated carbocycles. The number of hydrogen-bond acceptors (Lipinski definition) is 2. The SMILES string of the molecule is CCC(N)(c1cccc(F)c1)c1cc(F)ccc1OC. The summed E-state index contributed by atoms with van der Waals surface area (Å²) in [4.78, 5) is 0. The molecule has 2 aromatic carbocycles. The number of halogens is 2. The predicted octanol–water partition coefficient (Wildman–Crippen LogP) is 3.59. The van der Waals surface area contributed by atoms with E-state index >= 15 is 0 Å². The standard InChI is InChI=1S/C16H17F2NO/c1-3-16(19,11-5-4-6-12(17)9-11)14-10-13(18)7-8-15(14)20-2/h4-10H,3,19H2,1-2H3. The Balaban J connectivity index is 2.64. The van der Waals surface area contributed by atoms with Crippen LogP contribution in [0.1, 0.15) is 24.5 Å². The fraction of sp³-hybridized carbons (Fsp3) is 0.250. The largest absolute Gasteiger partial charge is 0.496 e. The molecule has 0 spiro atoms. The van der Waals surface area contributed by atoms with E-state index in [1.165, 1.54) is 37.4 Å². The summed E-state index contributed by atoms with van der Waals surface area (Å²) in [6, 6.07) is 10.2. The van der Waals surface area contributed by atoms with Gasteiger partial charge in [0.15, 0.2) is 0 Å². The van der Waals surface area contributed by atoms with Gasteiger partial charge in [0.25, 0.3) is 0 Å². The van der Waals surface area contributed by atoms with Crippen molar-refractivity contribution in [3.05, 3.63) is 65.2 Å². The number of nitrogens with two attached hydrogens (primary N) is 1. The van der Waals surface area contributed by atoms with Gasteiger partial charge in [0.05, 0.1) is 12.6 Å². The maximum Gasteiger partial charge on any atom is 0.124 e. The first-order chi connectivity index (χ1) is 9.51. The summed E-state index contributed by atoms with van der Waals surface area (Å²) in [5.74, 6) is -0.290. The van der Waals surface area contributed by atoms with Gasteiger partial charge in [0.2, 0.25) is 0 Å². The molecular formula is C16H17F2NO. The van der Waals surface area contributed by atoms with Crippen LogP contribution in [0.15, 0.2) is 42.5 Å². The molecule has 0 aliphatic heterocycles. The van der Waals surface area contributed by atoms with E-state index < -0.39 is 11.4 Å². The van der Waals surface area contributed by atoms with Crippen molar-refractivity contribution in [3.63, 3.8) is 0 Å². The monoisotopic (exact) mass is 277 g/mol. The van der Waals surface area contributed by atoms with E-state index in [9.17, 15) is 8.78 Å². The van der Waals surface area contributed by atoms with Gasteiger partial charge < -0.3 is 10.5 Å². The summed E-state index contributed by atoms with van der Waals surface area (Å²) in [5, 5.41) is 0. The Morgan fingerprint density at radius 1 is 1.10 bits per heavy atom. The van der Waals surface area contributed by atoms with E-state index in [2.05, 4.69) is 0 Å². The van der Waals surface area contributed by atoms with Crippen LogP contribution < -0.4 is 10.5 Å². The molecule has 0 aromatic heterocycles. The van der Waals surface area contributed by atoms with E-state index in [-0.39, 0.29) is 5.82 Å². The van der Waals surface area contributed by atoms with Crippen molar-refractivity contribution in [1.29, 1.82) is 0 Å². The average molecular weight is 277 g/mol. The smallest absolute Gasteiger partial charge is 0.124 e. The number of methoxy groups -OCH3 is 1. The molecule has 1 atom stereocenters. The van der Waals surface area contributed by atoms with Crippen molar-refractivity contribution >= 4 is 0 Å². The quantitative estimate of drug-likeness (QED) is 0.927. The molecule has 0 bridgehead atoms. The first kappa shape index (κ1) is 14.5. The molecule has 0 fully saturated rings. The maximum atomic E-state index is 13.6. The van der Waals surface area contributed by atoms with Crippen molar-refractivity contribution in [2.24, 2.45) is 5.73 Å². The molecule has 0 amide bonds. The summed E-state index contributed by atoms with van der Waals surface area (Å²) in [6.07, 6.45) is 0.482. The zero-order valence-electron chi connectivity index (χ0n) is 11.5. The third-order valence-corrected chi connectivity index (χ3v) is 3.54. The number of ether oxygens (including phenoxy) is 1. The second-order valence-corrected chi connectivity index (χ2v) is 4.68. The molecule has 2 N–H and O–H groups in total. The maximum absolute atomic E-state index is 13.6. The van der Waals surface area contributed by atoms with E-state index in [0.717, 1.165) is 0 Å². The molecule has 20 heavy (non-hydrogen) atoms. The molecule has 0 aliphatic carbocycles. The van der Waals surface area contributed by atoms with Crippen LogP contribution >= 0.6 is 0 Å². The highest BCUT2D eigenvalue weighted by Gasteiger charge is 2.31. The molecule has 2 rings (SSSR count). The zero-order chi connectivity index (χ0) is 14.8. The minimum Gasteiger partial charge on any atom is -0.496 e. The molecule has 1 unspecified atom stereocenters. The predicted molar refractivity (Wildman–Crippen MR) is 74.6 cm³/mol. The van der Waals surface area contributed by atoms with Crippen LogP contribution in [0, 0.1) is 11.6 Å². The highest BCUT2D eigenvalue weighted by Crippen LogP contribution is 2.36. The lowest BCUT2D eigenvalue weighted by Crippen LogP contribution is -2.37. The van der Waals surface area contributed by atoms with Gasteiger partial charge in [-0.2, -0.15) is 0 Å². The van der Waals surface area contributed by atoms with E-state index in [4.69, 9.17) is 10.5 Å². The summed E-state index contributed by atoms with van der Waals surface area (Å²) in [7, 11) is 1.50. The second-order valence-electron chi connectivity index (χ2n) is 4.68. The lowest BCUT2D eigenvalue weighted by atomic mass is 9.81. The van der Waals surface area contributed by atoms with Crippen LogP contribution in [-0.2, 0) is 5.54 Å². The first-order valence-corrected chi connectivity index (χ1v) is 6.40. The van der Waals surface area contributed by atoms with Crippen molar-refractivity contribution < 1.29 is 13.5 Å². The lowest BCUT2D eigenvalue weighted by Gasteiger charge is -2.31. The van der Waals surface area contributed by atoms with Crippen molar-refractivity contribution in [2.45, 2.75) is 18.9 Å². The molecule has 0 aliphatic rings. The second kappa shape index (κ2) is 5.59. The van der Waals surface area contributed by atoms with Crippen LogP contribution in [0.25, 0.3) is 0 Å².